The van der Waals surface area contributed by atoms with E-state index < -0.39 is 51.3 Å². The maximum atomic E-state index is 12.9. The number of nitro groups is 2. The Labute approximate surface area is 154 Å². The summed E-state index contributed by atoms with van der Waals surface area (Å²) in [5.74, 6) is 0. The summed E-state index contributed by atoms with van der Waals surface area (Å²) in [6, 6.07) is 6.27. The molecule has 0 radical (unpaired) electrons. The fourth-order valence-corrected chi connectivity index (χ4v) is 2.37. The maximum Gasteiger partial charge on any atom is 0.416 e. The van der Waals surface area contributed by atoms with Gasteiger partial charge in [-0.05, 0) is 17.7 Å². The van der Waals surface area contributed by atoms with E-state index in [0.29, 0.717) is 10.6 Å². The normalized spacial score (nSPS) is 12.5. The van der Waals surface area contributed by atoms with E-state index in [2.05, 4.69) is 5.32 Å². The van der Waals surface area contributed by atoms with Gasteiger partial charge in [-0.3, -0.25) is 20.2 Å². The van der Waals surface area contributed by atoms with Gasteiger partial charge < -0.3 is 10.4 Å². The SMILES string of the molecule is O=[N+]([O-])c1cc(C(F)(F)F)cc([N+](=O)[O-])c1NCC(O)c1ccc(Cl)cc1. The molecule has 0 fully saturated rings. The van der Waals surface area contributed by atoms with Gasteiger partial charge in [0, 0.05) is 23.7 Å². The third kappa shape index (κ3) is 4.83. The third-order valence-corrected chi connectivity index (χ3v) is 3.80. The van der Waals surface area contributed by atoms with Crippen molar-refractivity contribution in [3.63, 3.8) is 0 Å². The highest BCUT2D eigenvalue weighted by Crippen LogP contribution is 2.41. The Morgan fingerprint density at radius 1 is 1.07 bits per heavy atom. The Kier molecular flexibility index (Phi) is 5.86. The molecule has 0 heterocycles. The van der Waals surface area contributed by atoms with Crippen molar-refractivity contribution in [3.8, 4) is 0 Å². The van der Waals surface area contributed by atoms with Gasteiger partial charge in [0.15, 0.2) is 5.69 Å². The van der Waals surface area contributed by atoms with Gasteiger partial charge in [-0.15, -0.1) is 0 Å². The van der Waals surface area contributed by atoms with E-state index in [1.807, 2.05) is 0 Å². The van der Waals surface area contributed by atoms with Gasteiger partial charge in [-0.2, -0.15) is 13.2 Å². The van der Waals surface area contributed by atoms with Crippen molar-refractivity contribution < 1.29 is 28.1 Å². The monoisotopic (exact) mass is 405 g/mol. The van der Waals surface area contributed by atoms with Crippen molar-refractivity contribution >= 4 is 28.7 Å². The first-order valence-corrected chi connectivity index (χ1v) is 7.60. The van der Waals surface area contributed by atoms with Crippen molar-refractivity contribution in [2.24, 2.45) is 0 Å². The molecule has 0 bridgehead atoms. The number of nitrogens with zero attached hydrogens (tertiary/aromatic N) is 2. The van der Waals surface area contributed by atoms with Crippen LogP contribution in [0.25, 0.3) is 0 Å². The molecule has 144 valence electrons. The van der Waals surface area contributed by atoms with E-state index in [1.165, 1.54) is 24.3 Å². The first-order chi connectivity index (χ1) is 12.5. The summed E-state index contributed by atoms with van der Waals surface area (Å²) in [6.45, 7) is -0.422. The Bertz CT molecular complexity index is 839. The third-order valence-electron chi connectivity index (χ3n) is 3.54. The molecule has 1 unspecified atom stereocenters. The lowest BCUT2D eigenvalue weighted by molar-refractivity contribution is -0.392. The van der Waals surface area contributed by atoms with Crippen LogP contribution in [-0.2, 0) is 6.18 Å². The van der Waals surface area contributed by atoms with E-state index in [9.17, 15) is 38.5 Å². The predicted octanol–water partition coefficient (Wildman–Crippen LogP) is 4.32. The van der Waals surface area contributed by atoms with E-state index in [0.717, 1.165) is 0 Å². The summed E-state index contributed by atoms with van der Waals surface area (Å²) in [5, 5.41) is 35.0. The first-order valence-electron chi connectivity index (χ1n) is 7.22. The molecule has 0 aromatic heterocycles. The number of halogens is 4. The number of alkyl halides is 3. The number of benzene rings is 2. The highest BCUT2D eigenvalue weighted by atomic mass is 35.5. The molecule has 8 nitrogen and oxygen atoms in total. The standard InChI is InChI=1S/C15H11ClF3N3O5/c16-10-3-1-8(2-4-10)13(23)7-20-14-11(21(24)25)5-9(15(17,18)19)6-12(14)22(26)27/h1-6,13,20,23H,7H2. The van der Waals surface area contributed by atoms with Crippen LogP contribution in [0.3, 0.4) is 0 Å². The second kappa shape index (κ2) is 7.76. The highest BCUT2D eigenvalue weighted by Gasteiger charge is 2.37. The summed E-state index contributed by atoms with van der Waals surface area (Å²) >= 11 is 5.71. The fourth-order valence-electron chi connectivity index (χ4n) is 2.25. The molecule has 2 N–H and O–H groups in total. The van der Waals surface area contributed by atoms with Gasteiger partial charge in [-0.25, -0.2) is 0 Å². The summed E-state index contributed by atoms with van der Waals surface area (Å²) in [7, 11) is 0. The molecular weight excluding hydrogens is 395 g/mol. The number of rotatable bonds is 6. The van der Waals surface area contributed by atoms with Crippen molar-refractivity contribution in [2.75, 3.05) is 11.9 Å². The van der Waals surface area contributed by atoms with Crippen molar-refractivity contribution in [1.29, 1.82) is 0 Å². The zero-order valence-electron chi connectivity index (χ0n) is 13.2. The van der Waals surface area contributed by atoms with Crippen LogP contribution in [0.15, 0.2) is 36.4 Å². The van der Waals surface area contributed by atoms with Crippen molar-refractivity contribution in [2.45, 2.75) is 12.3 Å². The molecule has 27 heavy (non-hydrogen) atoms. The number of nitro benzene ring substituents is 2. The topological polar surface area (TPSA) is 119 Å². The van der Waals surface area contributed by atoms with Gasteiger partial charge >= 0.3 is 6.18 Å². The molecular formula is C15H11ClF3N3O5. The minimum atomic E-state index is -5.00. The molecule has 0 aliphatic rings. The van der Waals surface area contributed by atoms with Crippen LogP contribution in [0.5, 0.6) is 0 Å². The average molecular weight is 406 g/mol. The second-order valence-electron chi connectivity index (χ2n) is 5.35. The molecule has 0 amide bonds. The molecule has 2 rings (SSSR count). The van der Waals surface area contributed by atoms with E-state index in [-0.39, 0.29) is 12.1 Å². The summed E-state index contributed by atoms with van der Waals surface area (Å²) in [6.07, 6.45) is -6.25. The minimum Gasteiger partial charge on any atom is -0.387 e. The molecule has 0 saturated heterocycles. The maximum absolute atomic E-state index is 12.9. The highest BCUT2D eigenvalue weighted by molar-refractivity contribution is 6.30. The van der Waals surface area contributed by atoms with Gasteiger partial charge in [-0.1, -0.05) is 23.7 Å². The van der Waals surface area contributed by atoms with E-state index in [1.54, 1.807) is 0 Å². The van der Waals surface area contributed by atoms with Gasteiger partial charge in [0.25, 0.3) is 11.4 Å². The zero-order valence-corrected chi connectivity index (χ0v) is 14.0. The van der Waals surface area contributed by atoms with Crippen LogP contribution in [-0.4, -0.2) is 21.5 Å². The van der Waals surface area contributed by atoms with Crippen LogP contribution < -0.4 is 5.32 Å². The quantitative estimate of drug-likeness (QED) is 0.545. The molecule has 0 aliphatic heterocycles. The van der Waals surface area contributed by atoms with Crippen molar-refractivity contribution in [1.82, 2.24) is 0 Å². The van der Waals surface area contributed by atoms with Crippen LogP contribution in [0.4, 0.5) is 30.2 Å². The molecule has 2 aromatic carbocycles. The molecule has 12 heteroatoms. The van der Waals surface area contributed by atoms with Gasteiger partial charge in [0.1, 0.15) is 0 Å². The molecule has 0 saturated carbocycles. The van der Waals surface area contributed by atoms with Crippen LogP contribution in [0.2, 0.25) is 5.02 Å². The molecule has 0 aliphatic carbocycles. The molecule has 0 spiro atoms. The summed E-state index contributed by atoms with van der Waals surface area (Å²) in [5.41, 5.74) is -4.15. The molecule has 1 atom stereocenters. The first kappa shape index (κ1) is 20.4. The Morgan fingerprint density at radius 3 is 1.96 bits per heavy atom. The number of aliphatic hydroxyl groups is 1. The summed E-state index contributed by atoms with van der Waals surface area (Å²) < 4.78 is 38.6. The fraction of sp³-hybridized carbons (Fsp3) is 0.200. The smallest absolute Gasteiger partial charge is 0.387 e. The largest absolute Gasteiger partial charge is 0.416 e. The number of hydrogen-bond acceptors (Lipinski definition) is 6. The number of aliphatic hydroxyl groups excluding tert-OH is 1. The van der Waals surface area contributed by atoms with Crippen LogP contribution in [0.1, 0.15) is 17.2 Å². The van der Waals surface area contributed by atoms with Crippen molar-refractivity contribution in [3.05, 3.63) is 72.8 Å². The Balaban J connectivity index is 2.40. The van der Waals surface area contributed by atoms with Gasteiger partial charge in [0.2, 0.25) is 0 Å². The Hall–Kier alpha value is -2.92. The minimum absolute atomic E-state index is 0.198. The Morgan fingerprint density at radius 2 is 1.56 bits per heavy atom. The van der Waals surface area contributed by atoms with E-state index >= 15 is 0 Å². The van der Waals surface area contributed by atoms with E-state index in [4.69, 9.17) is 11.6 Å². The van der Waals surface area contributed by atoms with Gasteiger partial charge in [0.05, 0.1) is 21.5 Å². The number of anilines is 1. The molecule has 2 aromatic rings. The van der Waals surface area contributed by atoms with Crippen LogP contribution in [0, 0.1) is 20.2 Å². The lowest BCUT2D eigenvalue weighted by Crippen LogP contribution is -2.15. The average Bonchev–Trinajstić information content (AvgIpc) is 2.58. The number of hydrogen-bond donors (Lipinski definition) is 2. The zero-order chi connectivity index (χ0) is 20.4. The summed E-state index contributed by atoms with van der Waals surface area (Å²) in [4.78, 5) is 19.9. The predicted molar refractivity (Wildman–Crippen MR) is 89.7 cm³/mol. The lowest BCUT2D eigenvalue weighted by atomic mass is 10.1. The lowest BCUT2D eigenvalue weighted by Gasteiger charge is -2.15. The number of nitrogens with one attached hydrogen (secondary N) is 1. The second-order valence-corrected chi connectivity index (χ2v) is 5.79. The van der Waals surface area contributed by atoms with Crippen LogP contribution >= 0.6 is 11.6 Å².